The van der Waals surface area contributed by atoms with Gasteiger partial charge in [-0.05, 0) is 36.8 Å². The number of para-hydroxylation sites is 1. The third-order valence-corrected chi connectivity index (χ3v) is 4.55. The number of anilines is 1. The molecule has 0 aromatic heterocycles. The number of hydrogen-bond acceptors (Lipinski definition) is 2. The Morgan fingerprint density at radius 1 is 1.35 bits per heavy atom. The van der Waals surface area contributed by atoms with Crippen LogP contribution in [0, 0.1) is 5.92 Å². The van der Waals surface area contributed by atoms with E-state index < -0.39 is 0 Å². The van der Waals surface area contributed by atoms with E-state index in [1.807, 2.05) is 23.1 Å². The Morgan fingerprint density at radius 3 is 2.91 bits per heavy atom. The molecule has 2 heterocycles. The second kappa shape index (κ2) is 7.99. The van der Waals surface area contributed by atoms with Crippen molar-refractivity contribution >= 4 is 41.5 Å². The molecule has 6 heteroatoms. The second-order valence-electron chi connectivity index (χ2n) is 6.29. The Balaban J connectivity index is 0.00000192. The molecule has 0 aliphatic carbocycles. The smallest absolute Gasteiger partial charge is 0.248 e. The molecule has 0 saturated carbocycles. The van der Waals surface area contributed by atoms with E-state index in [0.717, 1.165) is 38.2 Å². The number of amides is 1. The highest BCUT2D eigenvalue weighted by molar-refractivity contribution is 14.0. The number of rotatable bonds is 2. The summed E-state index contributed by atoms with van der Waals surface area (Å²) in [7, 11) is 0. The first-order valence-electron chi connectivity index (χ1n) is 8.08. The maximum Gasteiger partial charge on any atom is 0.248 e. The number of fused-ring (bicyclic) bond motifs is 1. The lowest BCUT2D eigenvalue weighted by atomic mass is 10.0. The number of guanidine groups is 1. The zero-order chi connectivity index (χ0) is 15.5. The van der Waals surface area contributed by atoms with Crippen LogP contribution in [0.15, 0.2) is 29.3 Å². The fourth-order valence-corrected chi connectivity index (χ4v) is 3.33. The number of benzene rings is 1. The van der Waals surface area contributed by atoms with Crippen molar-refractivity contribution < 1.29 is 4.79 Å². The SMILES string of the molecule is CC1CCCN(C(N)=NCC(=O)N2CCc3ccccc32)C1.I. The topological polar surface area (TPSA) is 61.9 Å². The average Bonchev–Trinajstić information content (AvgIpc) is 2.96. The average molecular weight is 428 g/mol. The van der Waals surface area contributed by atoms with Gasteiger partial charge in [-0.15, -0.1) is 24.0 Å². The van der Waals surface area contributed by atoms with Gasteiger partial charge >= 0.3 is 0 Å². The van der Waals surface area contributed by atoms with Crippen LogP contribution in [0.5, 0.6) is 0 Å². The number of piperidine rings is 1. The van der Waals surface area contributed by atoms with Crippen molar-refractivity contribution in [1.29, 1.82) is 0 Å². The van der Waals surface area contributed by atoms with Gasteiger partial charge in [0.1, 0.15) is 6.54 Å². The molecule has 0 radical (unpaired) electrons. The van der Waals surface area contributed by atoms with Crippen LogP contribution in [0.3, 0.4) is 0 Å². The molecule has 1 fully saturated rings. The van der Waals surface area contributed by atoms with Crippen LogP contribution in [0.4, 0.5) is 5.69 Å². The zero-order valence-corrected chi connectivity index (χ0v) is 15.9. The van der Waals surface area contributed by atoms with Gasteiger partial charge in [-0.25, -0.2) is 4.99 Å². The molecule has 3 rings (SSSR count). The minimum atomic E-state index is 0. The summed E-state index contributed by atoms with van der Waals surface area (Å²) < 4.78 is 0. The van der Waals surface area contributed by atoms with E-state index in [2.05, 4.69) is 22.9 Å². The van der Waals surface area contributed by atoms with Crippen molar-refractivity contribution in [2.45, 2.75) is 26.2 Å². The Hall–Kier alpha value is -1.31. The summed E-state index contributed by atoms with van der Waals surface area (Å²) in [6.07, 6.45) is 3.31. The summed E-state index contributed by atoms with van der Waals surface area (Å²) in [5.74, 6) is 1.18. The molecule has 1 atom stereocenters. The molecule has 23 heavy (non-hydrogen) atoms. The van der Waals surface area contributed by atoms with Crippen molar-refractivity contribution in [2.75, 3.05) is 31.1 Å². The number of hydrogen-bond donors (Lipinski definition) is 1. The van der Waals surface area contributed by atoms with Crippen LogP contribution in [-0.2, 0) is 11.2 Å². The molecule has 126 valence electrons. The van der Waals surface area contributed by atoms with Gasteiger partial charge in [-0.2, -0.15) is 0 Å². The van der Waals surface area contributed by atoms with Crippen LogP contribution < -0.4 is 10.6 Å². The highest BCUT2D eigenvalue weighted by Crippen LogP contribution is 2.27. The van der Waals surface area contributed by atoms with Crippen LogP contribution >= 0.6 is 24.0 Å². The van der Waals surface area contributed by atoms with Crippen molar-refractivity contribution in [1.82, 2.24) is 4.90 Å². The maximum atomic E-state index is 12.4. The largest absolute Gasteiger partial charge is 0.370 e. The van der Waals surface area contributed by atoms with E-state index in [1.54, 1.807) is 0 Å². The standard InChI is InChI=1S/C17H24N4O.HI/c1-13-5-4-9-20(12-13)17(18)19-11-16(22)21-10-8-14-6-2-3-7-15(14)21;/h2-3,6-7,13H,4-5,8-12H2,1H3,(H2,18,19);1H. The number of nitrogens with two attached hydrogens (primary N) is 1. The van der Waals surface area contributed by atoms with Crippen molar-refractivity contribution in [3.8, 4) is 0 Å². The second-order valence-corrected chi connectivity index (χ2v) is 6.29. The van der Waals surface area contributed by atoms with Crippen LogP contribution in [0.25, 0.3) is 0 Å². The van der Waals surface area contributed by atoms with Gasteiger partial charge in [0.15, 0.2) is 5.96 Å². The van der Waals surface area contributed by atoms with Crippen LogP contribution in [0.1, 0.15) is 25.3 Å². The first-order chi connectivity index (χ1) is 10.6. The Bertz CT molecular complexity index is 590. The van der Waals surface area contributed by atoms with Gasteiger partial charge in [0.05, 0.1) is 0 Å². The molecular weight excluding hydrogens is 403 g/mol. The molecule has 0 bridgehead atoms. The fourth-order valence-electron chi connectivity index (χ4n) is 3.33. The van der Waals surface area contributed by atoms with E-state index in [9.17, 15) is 4.79 Å². The number of carbonyl (C=O) groups excluding carboxylic acids is 1. The molecule has 2 aliphatic heterocycles. The third kappa shape index (κ3) is 4.16. The molecule has 5 nitrogen and oxygen atoms in total. The number of nitrogens with zero attached hydrogens (tertiary/aromatic N) is 3. The van der Waals surface area contributed by atoms with E-state index >= 15 is 0 Å². The Labute approximate surface area is 154 Å². The quantitative estimate of drug-likeness (QED) is 0.447. The molecule has 1 saturated heterocycles. The highest BCUT2D eigenvalue weighted by Gasteiger charge is 2.24. The van der Waals surface area contributed by atoms with E-state index in [0.29, 0.717) is 11.9 Å². The number of aliphatic imine (C=N–C) groups is 1. The summed E-state index contributed by atoms with van der Waals surface area (Å²) in [5.41, 5.74) is 8.31. The van der Waals surface area contributed by atoms with Crippen molar-refractivity contribution in [3.63, 3.8) is 0 Å². The summed E-state index contributed by atoms with van der Waals surface area (Å²) in [5, 5.41) is 0. The van der Waals surface area contributed by atoms with E-state index in [1.165, 1.54) is 12.0 Å². The van der Waals surface area contributed by atoms with Crippen molar-refractivity contribution in [2.24, 2.45) is 16.6 Å². The molecule has 1 unspecified atom stereocenters. The fraction of sp³-hybridized carbons (Fsp3) is 0.529. The minimum Gasteiger partial charge on any atom is -0.370 e. The lowest BCUT2D eigenvalue weighted by Crippen LogP contribution is -2.44. The van der Waals surface area contributed by atoms with Gasteiger partial charge in [0, 0.05) is 25.3 Å². The Kier molecular flexibility index (Phi) is 6.26. The normalized spacial score (nSPS) is 20.9. The minimum absolute atomic E-state index is 0. The van der Waals surface area contributed by atoms with E-state index in [4.69, 9.17) is 5.73 Å². The molecule has 1 aromatic carbocycles. The first-order valence-corrected chi connectivity index (χ1v) is 8.08. The van der Waals surface area contributed by atoms with Crippen LogP contribution in [0.2, 0.25) is 0 Å². The van der Waals surface area contributed by atoms with Gasteiger partial charge in [-0.3, -0.25) is 4.79 Å². The molecule has 2 aliphatic rings. The molecule has 0 spiro atoms. The van der Waals surface area contributed by atoms with Gasteiger partial charge < -0.3 is 15.5 Å². The molecule has 1 amide bonds. The monoisotopic (exact) mass is 428 g/mol. The van der Waals surface area contributed by atoms with Gasteiger partial charge in [-0.1, -0.05) is 25.1 Å². The third-order valence-electron chi connectivity index (χ3n) is 4.55. The Morgan fingerprint density at radius 2 is 2.13 bits per heavy atom. The summed E-state index contributed by atoms with van der Waals surface area (Å²) in [6, 6.07) is 8.06. The van der Waals surface area contributed by atoms with E-state index in [-0.39, 0.29) is 36.4 Å². The molecular formula is C17H25IN4O. The zero-order valence-electron chi connectivity index (χ0n) is 13.6. The summed E-state index contributed by atoms with van der Waals surface area (Å²) in [4.78, 5) is 20.7. The molecule has 2 N–H and O–H groups in total. The predicted octanol–water partition coefficient (Wildman–Crippen LogP) is 2.24. The molecule has 1 aromatic rings. The first kappa shape index (κ1) is 18.0. The number of halogens is 1. The lowest BCUT2D eigenvalue weighted by Gasteiger charge is -2.31. The summed E-state index contributed by atoms with van der Waals surface area (Å²) >= 11 is 0. The van der Waals surface area contributed by atoms with Gasteiger partial charge in [0.2, 0.25) is 5.91 Å². The van der Waals surface area contributed by atoms with Gasteiger partial charge in [0.25, 0.3) is 0 Å². The maximum absolute atomic E-state index is 12.4. The van der Waals surface area contributed by atoms with Crippen molar-refractivity contribution in [3.05, 3.63) is 29.8 Å². The summed E-state index contributed by atoms with van der Waals surface area (Å²) in [6.45, 7) is 4.99. The number of likely N-dealkylation sites (tertiary alicyclic amines) is 1. The number of carbonyl (C=O) groups is 1. The van der Waals surface area contributed by atoms with Crippen LogP contribution in [-0.4, -0.2) is 42.9 Å². The predicted molar refractivity (Wildman–Crippen MR) is 104 cm³/mol. The highest BCUT2D eigenvalue weighted by atomic mass is 127. The lowest BCUT2D eigenvalue weighted by molar-refractivity contribution is -0.117.